The van der Waals surface area contributed by atoms with Crippen LogP contribution < -0.4 is 0 Å². The number of cyclic esters (lactones) is 1. The Morgan fingerprint density at radius 1 is 1.32 bits per heavy atom. The third kappa shape index (κ3) is 1.56. The lowest BCUT2D eigenvalue weighted by atomic mass is 9.51. The molecule has 0 radical (unpaired) electrons. The normalized spacial score (nSPS) is 56.2. The molecule has 0 aromatic rings. The number of rotatable bonds is 1. The Morgan fingerprint density at radius 3 is 2.80 bits per heavy atom. The zero-order chi connectivity index (χ0) is 17.8. The third-order valence-electron chi connectivity index (χ3n) is 8.81. The van der Waals surface area contributed by atoms with Gasteiger partial charge in [0.15, 0.2) is 0 Å². The van der Waals surface area contributed by atoms with Crippen molar-refractivity contribution in [1.29, 1.82) is 0 Å². The van der Waals surface area contributed by atoms with Crippen molar-refractivity contribution in [2.75, 3.05) is 6.61 Å². The smallest absolute Gasteiger partial charge is 0.312 e. The van der Waals surface area contributed by atoms with Crippen molar-refractivity contribution in [2.45, 2.75) is 51.6 Å². The third-order valence-corrected chi connectivity index (χ3v) is 8.81. The highest BCUT2D eigenvalue weighted by Crippen LogP contribution is 2.78. The SMILES string of the molecule is C=C1C[C@@]23CC1[C@H](O)C[C@H]2C12CCCC(C)(C(=O)OC1)[C@H]2[C@@H]3C(=O)O. The molecule has 136 valence electrons. The maximum absolute atomic E-state index is 12.7. The van der Waals surface area contributed by atoms with Gasteiger partial charge in [0.25, 0.3) is 0 Å². The van der Waals surface area contributed by atoms with Crippen molar-refractivity contribution in [3.63, 3.8) is 0 Å². The molecule has 2 N–H and O–H groups in total. The summed E-state index contributed by atoms with van der Waals surface area (Å²) < 4.78 is 5.66. The number of aliphatic hydroxyl groups excluding tert-OH is 1. The molecule has 5 rings (SSSR count). The molecule has 25 heavy (non-hydrogen) atoms. The van der Waals surface area contributed by atoms with E-state index in [1.165, 1.54) is 0 Å². The Balaban J connectivity index is 1.75. The lowest BCUT2D eigenvalue weighted by molar-refractivity contribution is -0.201. The van der Waals surface area contributed by atoms with Gasteiger partial charge in [0.05, 0.1) is 24.0 Å². The number of esters is 1. The van der Waals surface area contributed by atoms with Crippen molar-refractivity contribution in [3.8, 4) is 0 Å². The van der Waals surface area contributed by atoms with Gasteiger partial charge in [-0.15, -0.1) is 0 Å². The predicted molar refractivity (Wildman–Crippen MR) is 88.4 cm³/mol. The van der Waals surface area contributed by atoms with Crippen LogP contribution in [0.15, 0.2) is 12.2 Å². The molecule has 0 amide bonds. The van der Waals surface area contributed by atoms with Crippen LogP contribution in [0.5, 0.6) is 0 Å². The van der Waals surface area contributed by atoms with E-state index in [1.54, 1.807) is 0 Å². The highest BCUT2D eigenvalue weighted by atomic mass is 16.5. The fourth-order valence-corrected chi connectivity index (χ4v) is 8.15. The largest absolute Gasteiger partial charge is 0.481 e. The predicted octanol–water partition coefficient (Wildman–Crippen LogP) is 2.38. The number of fused-ring (bicyclic) bond motifs is 1. The van der Waals surface area contributed by atoms with Crippen LogP contribution in [0.25, 0.3) is 0 Å². The van der Waals surface area contributed by atoms with E-state index in [2.05, 4.69) is 6.58 Å². The van der Waals surface area contributed by atoms with Gasteiger partial charge in [-0.2, -0.15) is 0 Å². The maximum atomic E-state index is 12.7. The molecule has 0 aromatic carbocycles. The quantitative estimate of drug-likeness (QED) is 0.563. The summed E-state index contributed by atoms with van der Waals surface area (Å²) in [6.07, 6.45) is 4.11. The minimum atomic E-state index is -0.774. The molecule has 5 fully saturated rings. The van der Waals surface area contributed by atoms with Crippen LogP contribution in [-0.4, -0.2) is 34.9 Å². The second-order valence-corrected chi connectivity index (χ2v) is 9.61. The van der Waals surface area contributed by atoms with Gasteiger partial charge in [-0.3, -0.25) is 9.59 Å². The Labute approximate surface area is 147 Å². The molecule has 1 spiro atoms. The van der Waals surface area contributed by atoms with Gasteiger partial charge in [0, 0.05) is 11.3 Å². The van der Waals surface area contributed by atoms with Crippen molar-refractivity contribution < 1.29 is 24.5 Å². The van der Waals surface area contributed by atoms with E-state index < -0.39 is 23.4 Å². The molecule has 8 atom stereocenters. The van der Waals surface area contributed by atoms with Gasteiger partial charge in [-0.1, -0.05) is 18.6 Å². The second-order valence-electron chi connectivity index (χ2n) is 9.61. The van der Waals surface area contributed by atoms with Crippen LogP contribution >= 0.6 is 0 Å². The number of carboxylic acids is 1. The number of carboxylic acid groups (broad SMARTS) is 1. The molecule has 5 heteroatoms. The summed E-state index contributed by atoms with van der Waals surface area (Å²) in [5.41, 5.74) is -0.364. The molecular formula is C20H26O5. The van der Waals surface area contributed by atoms with Crippen molar-refractivity contribution in [3.05, 3.63) is 12.2 Å². The molecule has 4 bridgehead atoms. The van der Waals surface area contributed by atoms with Gasteiger partial charge in [0.2, 0.25) is 0 Å². The van der Waals surface area contributed by atoms with E-state index in [0.717, 1.165) is 18.4 Å². The summed E-state index contributed by atoms with van der Waals surface area (Å²) in [4.78, 5) is 25.2. The van der Waals surface area contributed by atoms with Gasteiger partial charge in [0.1, 0.15) is 0 Å². The molecule has 1 saturated heterocycles. The van der Waals surface area contributed by atoms with Crippen LogP contribution in [0.4, 0.5) is 0 Å². The summed E-state index contributed by atoms with van der Waals surface area (Å²) in [5, 5.41) is 21.0. The first-order chi connectivity index (χ1) is 11.8. The molecule has 1 aliphatic heterocycles. The van der Waals surface area contributed by atoms with E-state index in [-0.39, 0.29) is 34.6 Å². The minimum absolute atomic E-state index is 0.0129. The highest BCUT2D eigenvalue weighted by Gasteiger charge is 2.79. The van der Waals surface area contributed by atoms with E-state index in [1.807, 2.05) is 6.92 Å². The number of aliphatic hydroxyl groups is 1. The average molecular weight is 346 g/mol. The molecule has 0 aromatic heterocycles. The van der Waals surface area contributed by atoms with Crippen LogP contribution in [-0.2, 0) is 14.3 Å². The standard InChI is InChI=1S/C20H26O5/c1-10-7-20-8-11(10)12(21)6-13(20)19-5-3-4-18(2,17(24)25-9-19)15(19)14(20)16(22)23/h11-15,21H,1,3-9H2,2H3,(H,22,23)/t11?,12-,13+,14-,15-,18?,19?,20-/m1/s1. The Bertz CT molecular complexity index is 700. The van der Waals surface area contributed by atoms with Gasteiger partial charge < -0.3 is 14.9 Å². The fourth-order valence-electron chi connectivity index (χ4n) is 8.15. The van der Waals surface area contributed by atoms with E-state index in [0.29, 0.717) is 32.3 Å². The minimum Gasteiger partial charge on any atom is -0.481 e. The lowest BCUT2D eigenvalue weighted by Crippen LogP contribution is -2.58. The van der Waals surface area contributed by atoms with Crippen LogP contribution in [0.3, 0.4) is 0 Å². The summed E-state index contributed by atoms with van der Waals surface area (Å²) in [5.74, 6) is -1.60. The van der Waals surface area contributed by atoms with Crippen molar-refractivity contribution >= 4 is 11.9 Å². The molecule has 4 aliphatic carbocycles. The number of carbonyl (C=O) groups excluding carboxylic acids is 1. The zero-order valence-electron chi connectivity index (χ0n) is 14.7. The Hall–Kier alpha value is -1.36. The first-order valence-corrected chi connectivity index (χ1v) is 9.52. The summed E-state index contributed by atoms with van der Waals surface area (Å²) in [6, 6.07) is 0. The molecule has 1 heterocycles. The Kier molecular flexibility index (Phi) is 2.84. The fraction of sp³-hybridized carbons (Fsp3) is 0.800. The molecule has 3 unspecified atom stereocenters. The van der Waals surface area contributed by atoms with Gasteiger partial charge in [-0.25, -0.2) is 0 Å². The van der Waals surface area contributed by atoms with E-state index >= 15 is 0 Å². The number of hydrogen-bond acceptors (Lipinski definition) is 4. The lowest BCUT2D eigenvalue weighted by Gasteiger charge is -2.55. The summed E-state index contributed by atoms with van der Waals surface area (Å²) >= 11 is 0. The van der Waals surface area contributed by atoms with Crippen LogP contribution in [0, 0.1) is 39.9 Å². The second kappa shape index (κ2) is 4.48. The van der Waals surface area contributed by atoms with Crippen LogP contribution in [0.2, 0.25) is 0 Å². The summed E-state index contributed by atoms with van der Waals surface area (Å²) in [7, 11) is 0. The monoisotopic (exact) mass is 346 g/mol. The zero-order valence-corrected chi connectivity index (χ0v) is 14.7. The first-order valence-electron chi connectivity index (χ1n) is 9.52. The molecule has 4 saturated carbocycles. The van der Waals surface area contributed by atoms with E-state index in [9.17, 15) is 19.8 Å². The Morgan fingerprint density at radius 2 is 2.08 bits per heavy atom. The molecular weight excluding hydrogens is 320 g/mol. The number of ether oxygens (including phenoxy) is 1. The average Bonchev–Trinajstić information content (AvgIpc) is 2.97. The van der Waals surface area contributed by atoms with Crippen molar-refractivity contribution in [1.82, 2.24) is 0 Å². The summed E-state index contributed by atoms with van der Waals surface area (Å²) in [6.45, 7) is 6.43. The maximum Gasteiger partial charge on any atom is 0.312 e. The van der Waals surface area contributed by atoms with Crippen molar-refractivity contribution in [2.24, 2.45) is 39.9 Å². The topological polar surface area (TPSA) is 83.8 Å². The first kappa shape index (κ1) is 15.9. The van der Waals surface area contributed by atoms with Crippen LogP contribution in [0.1, 0.15) is 45.4 Å². The van der Waals surface area contributed by atoms with E-state index in [4.69, 9.17) is 4.74 Å². The highest BCUT2D eigenvalue weighted by molar-refractivity contribution is 5.82. The number of carbonyl (C=O) groups is 2. The number of aliphatic carboxylic acids is 1. The molecule has 5 aliphatic rings. The molecule has 5 nitrogen and oxygen atoms in total. The number of hydrogen-bond donors (Lipinski definition) is 2. The van der Waals surface area contributed by atoms with Gasteiger partial charge >= 0.3 is 11.9 Å². The van der Waals surface area contributed by atoms with Gasteiger partial charge in [-0.05, 0) is 56.3 Å².